The fourth-order valence-corrected chi connectivity index (χ4v) is 9.22. The molecule has 1 aliphatic carbocycles. The molecule has 2 fully saturated rings. The molecule has 1 amide bonds. The summed E-state index contributed by atoms with van der Waals surface area (Å²) in [4.78, 5) is 22.5. The van der Waals surface area contributed by atoms with Crippen molar-refractivity contribution in [1.29, 1.82) is 0 Å². The van der Waals surface area contributed by atoms with Gasteiger partial charge in [0, 0.05) is 0 Å². The predicted octanol–water partition coefficient (Wildman–Crippen LogP) is 4.28. The first kappa shape index (κ1) is 27.1. The molecule has 0 N–H and O–H groups in total. The van der Waals surface area contributed by atoms with Crippen LogP contribution in [-0.4, -0.2) is 95.0 Å². The van der Waals surface area contributed by atoms with Gasteiger partial charge in [-0.25, -0.2) is 0 Å². The number of aromatic nitrogens is 1. The van der Waals surface area contributed by atoms with Crippen molar-refractivity contribution in [3.05, 3.63) is 52.8 Å². The van der Waals surface area contributed by atoms with Gasteiger partial charge in [0.15, 0.2) is 0 Å². The number of hydrogen-bond acceptors (Lipinski definition) is 6. The molecule has 7 nitrogen and oxygen atoms in total. The summed E-state index contributed by atoms with van der Waals surface area (Å²) in [6, 6.07) is 10.7. The van der Waals surface area contributed by atoms with Crippen LogP contribution in [0.1, 0.15) is 40.2 Å². The summed E-state index contributed by atoms with van der Waals surface area (Å²) in [6.45, 7) is 9.00. The van der Waals surface area contributed by atoms with Gasteiger partial charge in [-0.05, 0) is 0 Å². The number of methoxy groups -OCH3 is 2. The number of pyridine rings is 1. The molecule has 1 aliphatic heterocycles. The number of amides is 1. The molecule has 2 heterocycles. The Morgan fingerprint density at radius 1 is 0.972 bits per heavy atom. The number of aryl methyl sites for hydroxylation is 2. The number of piperazine rings is 1. The number of carbonyl (C=O) groups excluding carboxylic acids is 1. The predicted molar refractivity (Wildman–Crippen MR) is 144 cm³/mol. The number of rotatable bonds is 12. The van der Waals surface area contributed by atoms with E-state index >= 15 is 0 Å². The number of hydrogen-bond donors (Lipinski definition) is 0. The maximum absolute atomic E-state index is 13.4. The summed E-state index contributed by atoms with van der Waals surface area (Å²) >= 11 is -1.26. The summed E-state index contributed by atoms with van der Waals surface area (Å²) in [5.74, 6) is 1.59. The second-order valence-electron chi connectivity index (χ2n) is 9.78. The SMILES string of the molecule is COCC[As](CCOC)Cc1ccc(C(=O)N2CCN(C3CC3)CC2)cc1Oc1ccc(C)nc1C. The van der Waals surface area contributed by atoms with Crippen molar-refractivity contribution in [2.75, 3.05) is 53.6 Å². The van der Waals surface area contributed by atoms with Crippen LogP contribution in [0.15, 0.2) is 30.3 Å². The first-order chi connectivity index (χ1) is 17.5. The van der Waals surface area contributed by atoms with Gasteiger partial charge in [0.25, 0.3) is 0 Å². The number of benzene rings is 1. The van der Waals surface area contributed by atoms with E-state index in [-0.39, 0.29) is 5.91 Å². The van der Waals surface area contributed by atoms with Crippen LogP contribution in [0.5, 0.6) is 11.5 Å². The van der Waals surface area contributed by atoms with Crippen molar-refractivity contribution in [2.24, 2.45) is 0 Å². The van der Waals surface area contributed by atoms with Gasteiger partial charge in [0.05, 0.1) is 0 Å². The van der Waals surface area contributed by atoms with Crippen molar-refractivity contribution in [3.8, 4) is 11.5 Å². The van der Waals surface area contributed by atoms with Crippen LogP contribution < -0.4 is 4.74 Å². The van der Waals surface area contributed by atoms with E-state index in [0.717, 1.165) is 89.5 Å². The molecule has 0 spiro atoms. The zero-order valence-corrected chi connectivity index (χ0v) is 24.0. The number of carbonyl (C=O) groups is 1. The summed E-state index contributed by atoms with van der Waals surface area (Å²) < 4.78 is 17.2. The molecule has 4 rings (SSSR count). The average Bonchev–Trinajstić information content (AvgIpc) is 3.73. The maximum atomic E-state index is 13.4. The van der Waals surface area contributed by atoms with Gasteiger partial charge in [0.2, 0.25) is 0 Å². The molecule has 1 saturated heterocycles. The Morgan fingerprint density at radius 2 is 1.67 bits per heavy atom. The average molecular weight is 558 g/mol. The standard InChI is InChI=1S/C28H40AsN3O4/c1-21-5-10-26(22(2)30-21)36-27-19-23(28(33)32-15-13-31(14-16-32)25-8-9-25)6-7-24(27)20-29(11-17-34-3)12-18-35-4/h5-7,10,19,25H,8-9,11-18,20H2,1-4H3. The third-order valence-corrected chi connectivity index (χ3v) is 12.1. The molecular formula is C28H40AsN3O4. The number of nitrogens with zero attached hydrogens (tertiary/aromatic N) is 3. The van der Waals surface area contributed by atoms with Gasteiger partial charge in [-0.1, -0.05) is 0 Å². The zero-order valence-electron chi connectivity index (χ0n) is 22.2. The van der Waals surface area contributed by atoms with E-state index in [4.69, 9.17) is 14.2 Å². The minimum atomic E-state index is -1.26. The quantitative estimate of drug-likeness (QED) is 0.363. The molecule has 0 bridgehead atoms. The summed E-state index contributed by atoms with van der Waals surface area (Å²) in [5, 5.41) is 3.15. The molecule has 0 unspecified atom stereocenters. The summed E-state index contributed by atoms with van der Waals surface area (Å²) in [7, 11) is 3.52. The van der Waals surface area contributed by atoms with Crippen LogP contribution >= 0.6 is 0 Å². The number of ether oxygens (including phenoxy) is 3. The van der Waals surface area contributed by atoms with E-state index in [1.54, 1.807) is 14.2 Å². The Bertz CT molecular complexity index is 1010. The Kier molecular flexibility index (Phi) is 9.83. The molecule has 8 heteroatoms. The Hall–Kier alpha value is -1.92. The van der Waals surface area contributed by atoms with Crippen molar-refractivity contribution >= 4 is 20.6 Å². The van der Waals surface area contributed by atoms with E-state index in [0.29, 0.717) is 5.56 Å². The monoisotopic (exact) mass is 557 g/mol. The fraction of sp³-hybridized carbons (Fsp3) is 0.571. The second kappa shape index (κ2) is 13.0. The molecule has 0 radical (unpaired) electrons. The van der Waals surface area contributed by atoms with E-state index < -0.39 is 14.7 Å². The van der Waals surface area contributed by atoms with Crippen LogP contribution in [0.2, 0.25) is 10.4 Å². The van der Waals surface area contributed by atoms with Crippen LogP contribution in [0, 0.1) is 13.8 Å². The molecule has 2 aliphatic rings. The van der Waals surface area contributed by atoms with Crippen molar-refractivity contribution in [2.45, 2.75) is 48.4 Å². The first-order valence-electron chi connectivity index (χ1n) is 13.0. The third kappa shape index (κ3) is 7.32. The fourth-order valence-electron chi connectivity index (χ4n) is 4.68. The van der Waals surface area contributed by atoms with Crippen LogP contribution in [0.3, 0.4) is 0 Å². The normalized spacial score (nSPS) is 16.5. The second-order valence-corrected chi connectivity index (χ2v) is 15.1. The van der Waals surface area contributed by atoms with E-state index in [1.165, 1.54) is 12.8 Å². The van der Waals surface area contributed by atoms with Gasteiger partial charge in [-0.3, -0.25) is 0 Å². The molecule has 1 aromatic heterocycles. The van der Waals surface area contributed by atoms with Crippen molar-refractivity contribution in [1.82, 2.24) is 14.8 Å². The van der Waals surface area contributed by atoms with Crippen LogP contribution in [-0.2, 0) is 14.7 Å². The molecule has 1 saturated carbocycles. The Balaban J connectivity index is 1.56. The molecule has 36 heavy (non-hydrogen) atoms. The molecule has 2 aromatic rings. The molecule has 1 aromatic carbocycles. The summed E-state index contributed by atoms with van der Waals surface area (Å²) in [6.07, 6.45) is 2.62. The van der Waals surface area contributed by atoms with Crippen LogP contribution in [0.4, 0.5) is 0 Å². The zero-order chi connectivity index (χ0) is 25.5. The van der Waals surface area contributed by atoms with E-state index in [2.05, 4.69) is 16.0 Å². The topological polar surface area (TPSA) is 64.1 Å². The Labute approximate surface area is 220 Å². The molecule has 0 atom stereocenters. The summed E-state index contributed by atoms with van der Waals surface area (Å²) in [5.41, 5.74) is 3.65. The molecular weight excluding hydrogens is 517 g/mol. The third-order valence-electron chi connectivity index (χ3n) is 6.99. The van der Waals surface area contributed by atoms with Crippen molar-refractivity contribution in [3.63, 3.8) is 0 Å². The van der Waals surface area contributed by atoms with Gasteiger partial charge in [-0.15, -0.1) is 0 Å². The Morgan fingerprint density at radius 3 is 2.28 bits per heavy atom. The van der Waals surface area contributed by atoms with E-state index in [1.807, 2.05) is 43.0 Å². The van der Waals surface area contributed by atoms with E-state index in [9.17, 15) is 4.79 Å². The van der Waals surface area contributed by atoms with Gasteiger partial charge in [-0.2, -0.15) is 0 Å². The van der Waals surface area contributed by atoms with Gasteiger partial charge in [0.1, 0.15) is 0 Å². The minimum absolute atomic E-state index is 0.0915. The first-order valence-corrected chi connectivity index (χ1v) is 16.9. The van der Waals surface area contributed by atoms with Crippen molar-refractivity contribution < 1.29 is 19.0 Å². The van der Waals surface area contributed by atoms with Gasteiger partial charge < -0.3 is 0 Å². The molecule has 196 valence electrons. The van der Waals surface area contributed by atoms with Gasteiger partial charge >= 0.3 is 221 Å². The van der Waals surface area contributed by atoms with Crippen LogP contribution in [0.25, 0.3) is 0 Å².